The maximum atomic E-state index is 9.28. The van der Waals surface area contributed by atoms with Crippen LogP contribution in [0.25, 0.3) is 0 Å². The quantitative estimate of drug-likeness (QED) is 0.786. The second-order valence-corrected chi connectivity index (χ2v) is 3.97. The van der Waals surface area contributed by atoms with E-state index in [1.165, 1.54) is 0 Å². The molecule has 0 amide bonds. The van der Waals surface area contributed by atoms with Gasteiger partial charge in [0.05, 0.1) is 17.5 Å². The second kappa shape index (κ2) is 4.75. The number of nitrogens with zero attached hydrogens (tertiary/aromatic N) is 3. The molecule has 0 N–H and O–H groups in total. The second-order valence-electron chi connectivity index (χ2n) is 3.97. The number of aryl methyl sites for hydroxylation is 2. The molecule has 0 spiro atoms. The lowest BCUT2D eigenvalue weighted by molar-refractivity contribution is 0.896. The Morgan fingerprint density at radius 1 is 0.941 bits per heavy atom. The van der Waals surface area contributed by atoms with E-state index < -0.39 is 5.92 Å². The highest BCUT2D eigenvalue weighted by Crippen LogP contribution is 2.20. The van der Waals surface area contributed by atoms with Gasteiger partial charge in [0.2, 0.25) is 0 Å². The fourth-order valence-electron chi connectivity index (χ4n) is 1.73. The Kier molecular flexibility index (Phi) is 3.15. The highest BCUT2D eigenvalue weighted by Gasteiger charge is 2.16. The van der Waals surface area contributed by atoms with Crippen LogP contribution in [0.2, 0.25) is 0 Å². The van der Waals surface area contributed by atoms with Gasteiger partial charge in [-0.05, 0) is 38.1 Å². The minimum atomic E-state index is -0.394. The Morgan fingerprint density at radius 2 is 1.41 bits per heavy atom. The zero-order chi connectivity index (χ0) is 12.3. The molecular weight excluding hydrogens is 210 g/mol. The molecule has 0 saturated carbocycles. The van der Waals surface area contributed by atoms with E-state index in [2.05, 4.69) is 16.0 Å². The molecule has 0 atom stereocenters. The van der Waals surface area contributed by atoms with E-state index >= 15 is 0 Å². The normalized spacial score (nSPS) is 10.2. The van der Waals surface area contributed by atoms with E-state index in [-0.39, 0.29) is 0 Å². The molecule has 2 aromatic heterocycles. The summed E-state index contributed by atoms with van der Waals surface area (Å²) in [5.41, 5.74) is 3.34. The number of hydrogen-bond acceptors (Lipinski definition) is 3. The minimum absolute atomic E-state index is 0.394. The average Bonchev–Trinajstić information content (AvgIpc) is 2.30. The van der Waals surface area contributed by atoms with Crippen molar-refractivity contribution in [3.8, 4) is 6.07 Å². The van der Waals surface area contributed by atoms with Crippen LogP contribution >= 0.6 is 0 Å². The first-order valence-electron chi connectivity index (χ1n) is 5.47. The predicted molar refractivity (Wildman–Crippen MR) is 65.4 cm³/mol. The first-order valence-corrected chi connectivity index (χ1v) is 5.47. The molecule has 2 aromatic rings. The van der Waals surface area contributed by atoms with Crippen molar-refractivity contribution >= 4 is 0 Å². The minimum Gasteiger partial charge on any atom is -0.256 e. The first-order chi connectivity index (χ1) is 8.20. The average molecular weight is 223 g/mol. The van der Waals surface area contributed by atoms with Crippen LogP contribution in [-0.4, -0.2) is 9.97 Å². The third-order valence-electron chi connectivity index (χ3n) is 2.54. The van der Waals surface area contributed by atoms with Crippen molar-refractivity contribution in [3.05, 3.63) is 59.2 Å². The Hall–Kier alpha value is -2.21. The van der Waals surface area contributed by atoms with Gasteiger partial charge in [-0.2, -0.15) is 5.26 Å². The Balaban J connectivity index is 2.45. The number of pyridine rings is 2. The highest BCUT2D eigenvalue weighted by molar-refractivity contribution is 5.31. The molecule has 17 heavy (non-hydrogen) atoms. The molecule has 3 nitrogen and oxygen atoms in total. The largest absolute Gasteiger partial charge is 0.256 e. The molecule has 0 fully saturated rings. The van der Waals surface area contributed by atoms with Crippen molar-refractivity contribution in [2.75, 3.05) is 0 Å². The van der Waals surface area contributed by atoms with Crippen LogP contribution in [0, 0.1) is 25.2 Å². The fourth-order valence-corrected chi connectivity index (χ4v) is 1.73. The van der Waals surface area contributed by atoms with Gasteiger partial charge in [-0.3, -0.25) is 9.97 Å². The van der Waals surface area contributed by atoms with Gasteiger partial charge in [0.1, 0.15) is 5.92 Å². The van der Waals surface area contributed by atoms with E-state index in [0.717, 1.165) is 22.8 Å². The van der Waals surface area contributed by atoms with Gasteiger partial charge in [0, 0.05) is 11.4 Å². The summed E-state index contributed by atoms with van der Waals surface area (Å²) >= 11 is 0. The standard InChI is InChI=1S/C14H13N3/c1-10-5-3-7-13(16-10)12(9-15)14-8-4-6-11(2)17-14/h3-8,12H,1-2H3. The topological polar surface area (TPSA) is 49.6 Å². The lowest BCUT2D eigenvalue weighted by Crippen LogP contribution is -2.04. The monoisotopic (exact) mass is 223 g/mol. The van der Waals surface area contributed by atoms with E-state index in [9.17, 15) is 5.26 Å². The van der Waals surface area contributed by atoms with Crippen LogP contribution in [0.1, 0.15) is 28.7 Å². The lowest BCUT2D eigenvalue weighted by atomic mass is 10.0. The number of nitriles is 1. The third kappa shape index (κ3) is 2.48. The number of rotatable bonds is 2. The van der Waals surface area contributed by atoms with Crippen LogP contribution < -0.4 is 0 Å². The van der Waals surface area contributed by atoms with E-state index in [0.29, 0.717) is 0 Å². The van der Waals surface area contributed by atoms with E-state index in [1.807, 2.05) is 50.2 Å². The molecule has 0 unspecified atom stereocenters. The summed E-state index contributed by atoms with van der Waals surface area (Å²) in [6.45, 7) is 3.84. The molecule has 0 aliphatic heterocycles. The summed E-state index contributed by atoms with van der Waals surface area (Å²) in [6, 6.07) is 13.7. The maximum absolute atomic E-state index is 9.28. The van der Waals surface area contributed by atoms with Crippen LogP contribution in [0.4, 0.5) is 0 Å². The van der Waals surface area contributed by atoms with Gasteiger partial charge in [-0.15, -0.1) is 0 Å². The van der Waals surface area contributed by atoms with Gasteiger partial charge < -0.3 is 0 Å². The summed E-state index contributed by atoms with van der Waals surface area (Å²) in [5, 5.41) is 9.28. The smallest absolute Gasteiger partial charge is 0.130 e. The van der Waals surface area contributed by atoms with Crippen molar-refractivity contribution in [1.82, 2.24) is 9.97 Å². The van der Waals surface area contributed by atoms with Crippen molar-refractivity contribution < 1.29 is 0 Å². The fraction of sp³-hybridized carbons (Fsp3) is 0.214. The molecular formula is C14H13N3. The van der Waals surface area contributed by atoms with E-state index in [4.69, 9.17) is 0 Å². The van der Waals surface area contributed by atoms with Crippen molar-refractivity contribution in [2.45, 2.75) is 19.8 Å². The van der Waals surface area contributed by atoms with Gasteiger partial charge in [-0.25, -0.2) is 0 Å². The molecule has 0 aliphatic carbocycles. The Labute approximate surface area is 101 Å². The highest BCUT2D eigenvalue weighted by atomic mass is 14.8. The van der Waals surface area contributed by atoms with Crippen molar-refractivity contribution in [3.63, 3.8) is 0 Å². The van der Waals surface area contributed by atoms with Crippen LogP contribution in [-0.2, 0) is 0 Å². The molecule has 2 heterocycles. The molecule has 2 rings (SSSR count). The SMILES string of the molecule is Cc1cccc(C(C#N)c2cccc(C)n2)n1. The zero-order valence-electron chi connectivity index (χ0n) is 9.88. The Bertz CT molecular complexity index is 524. The molecule has 84 valence electrons. The van der Waals surface area contributed by atoms with E-state index in [1.54, 1.807) is 0 Å². The molecule has 0 aliphatic rings. The lowest BCUT2D eigenvalue weighted by Gasteiger charge is -2.09. The first kappa shape index (κ1) is 11.3. The van der Waals surface area contributed by atoms with Gasteiger partial charge in [0.25, 0.3) is 0 Å². The predicted octanol–water partition coefficient (Wildman–Crippen LogP) is 2.75. The molecule has 3 heteroatoms. The maximum Gasteiger partial charge on any atom is 0.130 e. The van der Waals surface area contributed by atoms with Crippen LogP contribution in [0.15, 0.2) is 36.4 Å². The summed E-state index contributed by atoms with van der Waals surface area (Å²) in [5.74, 6) is -0.394. The van der Waals surface area contributed by atoms with Crippen molar-refractivity contribution in [2.24, 2.45) is 0 Å². The van der Waals surface area contributed by atoms with Gasteiger partial charge in [0.15, 0.2) is 0 Å². The van der Waals surface area contributed by atoms with Crippen LogP contribution in [0.5, 0.6) is 0 Å². The number of aromatic nitrogens is 2. The molecule has 0 aromatic carbocycles. The summed E-state index contributed by atoms with van der Waals surface area (Å²) in [6.07, 6.45) is 0. The van der Waals surface area contributed by atoms with Crippen LogP contribution in [0.3, 0.4) is 0 Å². The molecule has 0 bridgehead atoms. The number of hydrogen-bond donors (Lipinski definition) is 0. The summed E-state index contributed by atoms with van der Waals surface area (Å²) in [7, 11) is 0. The van der Waals surface area contributed by atoms with Crippen molar-refractivity contribution in [1.29, 1.82) is 5.26 Å². The summed E-state index contributed by atoms with van der Waals surface area (Å²) < 4.78 is 0. The summed E-state index contributed by atoms with van der Waals surface area (Å²) in [4.78, 5) is 8.78. The zero-order valence-corrected chi connectivity index (χ0v) is 9.88. The molecule has 0 saturated heterocycles. The van der Waals surface area contributed by atoms with Gasteiger partial charge in [-0.1, -0.05) is 12.1 Å². The van der Waals surface area contributed by atoms with Gasteiger partial charge >= 0.3 is 0 Å². The molecule has 0 radical (unpaired) electrons. The Morgan fingerprint density at radius 3 is 1.76 bits per heavy atom. The third-order valence-corrected chi connectivity index (χ3v) is 2.54.